The summed E-state index contributed by atoms with van der Waals surface area (Å²) in [5.41, 5.74) is 0. The molecule has 4 nitrogen and oxygen atoms in total. The molecule has 0 aliphatic carbocycles. The van der Waals surface area contributed by atoms with Crippen LogP contribution in [-0.2, 0) is 9.59 Å². The van der Waals surface area contributed by atoms with Gasteiger partial charge in [0.15, 0.2) is 11.8 Å². The van der Waals surface area contributed by atoms with Gasteiger partial charge in [-0.1, -0.05) is 33.1 Å². The summed E-state index contributed by atoms with van der Waals surface area (Å²) in [6, 6.07) is -1.05. The molecule has 4 heteroatoms. The van der Waals surface area contributed by atoms with Crippen LogP contribution in [0.1, 0.15) is 46.5 Å². The number of unbranched alkanes of at least 4 members (excludes halogenated alkanes) is 1. The lowest BCUT2D eigenvalue weighted by atomic mass is 9.99. The normalized spacial score (nSPS) is 14.4. The van der Waals surface area contributed by atoms with E-state index < -0.39 is 12.0 Å². The van der Waals surface area contributed by atoms with Crippen molar-refractivity contribution in [3.63, 3.8) is 0 Å². The summed E-state index contributed by atoms with van der Waals surface area (Å²) in [5, 5.41) is 11.7. The van der Waals surface area contributed by atoms with Crippen molar-refractivity contribution in [1.82, 2.24) is 5.32 Å². The maximum absolute atomic E-state index is 11.1. The van der Waals surface area contributed by atoms with Crippen molar-refractivity contribution >= 4 is 11.8 Å². The Hall–Kier alpha value is -0.900. The molecule has 2 unspecified atom stereocenters. The number of rotatable bonds is 9. The van der Waals surface area contributed by atoms with Gasteiger partial charge in [-0.2, -0.15) is 0 Å². The molecule has 16 heavy (non-hydrogen) atoms. The van der Waals surface area contributed by atoms with Gasteiger partial charge < -0.3 is 5.11 Å². The van der Waals surface area contributed by atoms with Crippen LogP contribution < -0.4 is 5.32 Å². The quantitative estimate of drug-likeness (QED) is 0.592. The molecule has 0 amide bonds. The molecule has 0 fully saturated rings. The number of carbonyl (C=O) groups is 2. The highest BCUT2D eigenvalue weighted by Crippen LogP contribution is 2.11. The molecule has 0 aromatic heterocycles. The van der Waals surface area contributed by atoms with Crippen molar-refractivity contribution in [2.75, 3.05) is 6.54 Å². The van der Waals surface area contributed by atoms with Crippen LogP contribution >= 0.6 is 0 Å². The van der Waals surface area contributed by atoms with Crippen molar-refractivity contribution < 1.29 is 14.7 Å². The second kappa shape index (κ2) is 8.28. The summed E-state index contributed by atoms with van der Waals surface area (Å²) in [4.78, 5) is 21.8. The van der Waals surface area contributed by atoms with Crippen LogP contribution in [0.2, 0.25) is 0 Å². The molecule has 0 aliphatic rings. The fourth-order valence-corrected chi connectivity index (χ4v) is 1.63. The summed E-state index contributed by atoms with van der Waals surface area (Å²) >= 11 is 0. The van der Waals surface area contributed by atoms with Gasteiger partial charge in [-0.3, -0.25) is 14.9 Å². The topological polar surface area (TPSA) is 66.4 Å². The van der Waals surface area contributed by atoms with Crippen LogP contribution in [0.5, 0.6) is 0 Å². The van der Waals surface area contributed by atoms with Gasteiger partial charge in [0.25, 0.3) is 0 Å². The third-order valence-corrected chi connectivity index (χ3v) is 2.81. The maximum Gasteiger partial charge on any atom is 0.328 e. The molecular weight excluding hydrogens is 206 g/mol. The molecule has 0 rings (SSSR count). The van der Waals surface area contributed by atoms with Crippen LogP contribution in [0.25, 0.3) is 0 Å². The van der Waals surface area contributed by atoms with Crippen molar-refractivity contribution in [3.8, 4) is 0 Å². The largest absolute Gasteiger partial charge is 0.480 e. The first-order chi connectivity index (χ1) is 7.52. The van der Waals surface area contributed by atoms with Crippen molar-refractivity contribution in [2.24, 2.45) is 5.92 Å². The predicted molar refractivity (Wildman–Crippen MR) is 63.4 cm³/mol. The van der Waals surface area contributed by atoms with E-state index in [9.17, 15) is 9.59 Å². The molecular formula is C12H23NO3. The molecule has 0 aliphatic heterocycles. The summed E-state index contributed by atoms with van der Waals surface area (Å²) in [7, 11) is 0. The van der Waals surface area contributed by atoms with Gasteiger partial charge in [-0.05, 0) is 25.8 Å². The van der Waals surface area contributed by atoms with E-state index in [1.165, 1.54) is 6.92 Å². The first kappa shape index (κ1) is 15.1. The van der Waals surface area contributed by atoms with E-state index in [0.29, 0.717) is 12.5 Å². The van der Waals surface area contributed by atoms with Gasteiger partial charge in [-0.25, -0.2) is 0 Å². The lowest BCUT2D eigenvalue weighted by Crippen LogP contribution is -2.44. The minimum atomic E-state index is -1.09. The summed E-state index contributed by atoms with van der Waals surface area (Å²) in [6.07, 6.45) is 4.39. The minimum absolute atomic E-state index is 0.335. The molecule has 2 atom stereocenters. The second-order valence-corrected chi connectivity index (χ2v) is 4.21. The van der Waals surface area contributed by atoms with Gasteiger partial charge in [0.2, 0.25) is 0 Å². The standard InChI is InChI=1S/C12H23NO3/c1-4-6-7-10(5-2)8-13-11(9(3)14)12(15)16/h10-11,13H,4-8H2,1-3H3,(H,15,16). The zero-order valence-corrected chi connectivity index (χ0v) is 10.5. The number of nitrogens with one attached hydrogen (secondary N) is 1. The Morgan fingerprint density at radius 3 is 2.31 bits per heavy atom. The Labute approximate surface area is 97.4 Å². The number of carboxylic acids is 1. The Bertz CT molecular complexity index is 214. The molecule has 0 aromatic carbocycles. The van der Waals surface area contributed by atoms with E-state index in [2.05, 4.69) is 19.2 Å². The molecule has 0 radical (unpaired) electrons. The molecule has 94 valence electrons. The molecule has 0 heterocycles. The SMILES string of the molecule is CCCCC(CC)CNC(C(C)=O)C(=O)O. The monoisotopic (exact) mass is 229 g/mol. The van der Waals surface area contributed by atoms with Crippen molar-refractivity contribution in [3.05, 3.63) is 0 Å². The van der Waals surface area contributed by atoms with Crippen LogP contribution in [0.3, 0.4) is 0 Å². The molecule has 0 bridgehead atoms. The van der Waals surface area contributed by atoms with Gasteiger partial charge in [-0.15, -0.1) is 0 Å². The summed E-state index contributed by atoms with van der Waals surface area (Å²) in [6.45, 7) is 6.13. The van der Waals surface area contributed by atoms with Gasteiger partial charge in [0.05, 0.1) is 0 Å². The number of Topliss-reactive ketones (excluding diaryl/α,β-unsaturated/α-hetero) is 1. The number of ketones is 1. The third kappa shape index (κ3) is 5.85. The third-order valence-electron chi connectivity index (χ3n) is 2.81. The fraction of sp³-hybridized carbons (Fsp3) is 0.833. The van der Waals surface area contributed by atoms with Crippen LogP contribution in [0, 0.1) is 5.92 Å². The Kier molecular flexibility index (Phi) is 7.81. The fourth-order valence-electron chi connectivity index (χ4n) is 1.63. The zero-order chi connectivity index (χ0) is 12.6. The average molecular weight is 229 g/mol. The maximum atomic E-state index is 11.1. The van der Waals surface area contributed by atoms with E-state index >= 15 is 0 Å². The molecule has 0 saturated carbocycles. The Morgan fingerprint density at radius 2 is 1.94 bits per heavy atom. The van der Waals surface area contributed by atoms with E-state index in [-0.39, 0.29) is 5.78 Å². The molecule has 0 spiro atoms. The second-order valence-electron chi connectivity index (χ2n) is 4.21. The van der Waals surface area contributed by atoms with Crippen LogP contribution in [0.4, 0.5) is 0 Å². The lowest BCUT2D eigenvalue weighted by Gasteiger charge is -2.18. The van der Waals surface area contributed by atoms with Crippen LogP contribution in [-0.4, -0.2) is 29.4 Å². The smallest absolute Gasteiger partial charge is 0.328 e. The van der Waals surface area contributed by atoms with E-state index in [4.69, 9.17) is 5.11 Å². The van der Waals surface area contributed by atoms with Crippen molar-refractivity contribution in [1.29, 1.82) is 0 Å². The number of hydrogen-bond donors (Lipinski definition) is 2. The summed E-state index contributed by atoms with van der Waals surface area (Å²) in [5.74, 6) is -0.961. The van der Waals surface area contributed by atoms with E-state index in [1.54, 1.807) is 0 Å². The van der Waals surface area contributed by atoms with Crippen molar-refractivity contribution in [2.45, 2.75) is 52.5 Å². The highest BCUT2D eigenvalue weighted by molar-refractivity contribution is 6.01. The van der Waals surface area contributed by atoms with Gasteiger partial charge in [0.1, 0.15) is 0 Å². The average Bonchev–Trinajstić information content (AvgIpc) is 2.22. The number of aliphatic carboxylic acids is 1. The Morgan fingerprint density at radius 1 is 1.31 bits per heavy atom. The number of carboxylic acid groups (broad SMARTS) is 1. The number of hydrogen-bond acceptors (Lipinski definition) is 3. The van der Waals surface area contributed by atoms with E-state index in [1.807, 2.05) is 0 Å². The van der Waals surface area contributed by atoms with E-state index in [0.717, 1.165) is 25.7 Å². The van der Waals surface area contributed by atoms with Crippen LogP contribution in [0.15, 0.2) is 0 Å². The highest BCUT2D eigenvalue weighted by Gasteiger charge is 2.22. The predicted octanol–water partition coefficient (Wildman–Crippen LogP) is 1.83. The minimum Gasteiger partial charge on any atom is -0.480 e. The highest BCUT2D eigenvalue weighted by atomic mass is 16.4. The molecule has 0 aromatic rings. The molecule has 2 N–H and O–H groups in total. The summed E-state index contributed by atoms with van der Waals surface area (Å²) < 4.78 is 0. The Balaban J connectivity index is 4.06. The first-order valence-corrected chi connectivity index (χ1v) is 5.99. The first-order valence-electron chi connectivity index (χ1n) is 5.99. The van der Waals surface area contributed by atoms with Gasteiger partial charge in [0, 0.05) is 0 Å². The molecule has 0 saturated heterocycles. The zero-order valence-electron chi connectivity index (χ0n) is 10.5. The number of carbonyl (C=O) groups excluding carboxylic acids is 1. The van der Waals surface area contributed by atoms with Gasteiger partial charge >= 0.3 is 5.97 Å². The lowest BCUT2D eigenvalue weighted by molar-refractivity contribution is -0.142.